The maximum atomic E-state index is 14.6. The lowest BCUT2D eigenvalue weighted by Crippen LogP contribution is -2.39. The van der Waals surface area contributed by atoms with Gasteiger partial charge in [0.05, 0.1) is 0 Å². The molecule has 2 fully saturated rings. The van der Waals surface area contributed by atoms with Crippen LogP contribution in [0.4, 0.5) is 0 Å². The predicted molar refractivity (Wildman–Crippen MR) is 143 cm³/mol. The number of hydrogen-bond acceptors (Lipinski definition) is 1. The van der Waals surface area contributed by atoms with Gasteiger partial charge in [0, 0.05) is 17.3 Å². The van der Waals surface area contributed by atoms with Crippen molar-refractivity contribution in [3.05, 3.63) is 22.3 Å². The van der Waals surface area contributed by atoms with Crippen LogP contribution in [-0.4, -0.2) is 25.4 Å². The zero-order chi connectivity index (χ0) is 22.5. The third-order valence-electron chi connectivity index (χ3n) is 9.80. The minimum Gasteiger partial charge on any atom is -0.291 e. The van der Waals surface area contributed by atoms with Crippen LogP contribution >= 0.6 is 0 Å². The van der Waals surface area contributed by atoms with Crippen molar-refractivity contribution in [1.29, 1.82) is 0 Å². The molecule has 0 aromatic heterocycles. The number of carbonyl (C=O) groups is 1. The van der Waals surface area contributed by atoms with Gasteiger partial charge in [0.1, 0.15) is 7.28 Å². The molecule has 5 aliphatic rings. The summed E-state index contributed by atoms with van der Waals surface area (Å²) in [7, 11) is 2.51. The van der Waals surface area contributed by atoms with Crippen LogP contribution < -0.4 is 0 Å². The summed E-state index contributed by atoms with van der Waals surface area (Å²) in [6.45, 7) is 0. The van der Waals surface area contributed by atoms with Crippen molar-refractivity contribution >= 4 is 20.5 Å². The number of allylic oxidation sites excluding steroid dienone is 4. The summed E-state index contributed by atoms with van der Waals surface area (Å²) in [5.41, 5.74) is 6.42. The van der Waals surface area contributed by atoms with Gasteiger partial charge in [-0.3, -0.25) is 9.69 Å². The second-order valence-electron chi connectivity index (χ2n) is 12.1. The van der Waals surface area contributed by atoms with Crippen molar-refractivity contribution in [2.45, 2.75) is 146 Å². The summed E-state index contributed by atoms with van der Waals surface area (Å²) in [4.78, 5) is 17.0. The van der Waals surface area contributed by atoms with E-state index in [9.17, 15) is 4.79 Å². The molecule has 4 heteroatoms. The van der Waals surface area contributed by atoms with Crippen LogP contribution in [0.1, 0.15) is 135 Å². The van der Waals surface area contributed by atoms with E-state index in [1.807, 2.05) is 0 Å². The zero-order valence-electron chi connectivity index (χ0n) is 21.4. The van der Waals surface area contributed by atoms with Crippen molar-refractivity contribution in [3.8, 4) is 0 Å². The SMILES string of the molecule is O=C1C2CCCCCCCC2BC2CCCCCCCC3=C2N1C1=C(B3)CCCCCCC1. The quantitative estimate of drug-likeness (QED) is 0.351. The number of carbonyl (C=O) groups excluding carboxylic acids is 1. The average molecular weight is 447 g/mol. The average Bonchev–Trinajstić information content (AvgIpc) is 2.94. The predicted octanol–water partition coefficient (Wildman–Crippen LogP) is 7.56. The molecule has 0 aromatic rings. The zero-order valence-corrected chi connectivity index (χ0v) is 21.4. The van der Waals surface area contributed by atoms with Gasteiger partial charge < -0.3 is 0 Å². The number of fused-ring (bicyclic) bond motifs is 2. The van der Waals surface area contributed by atoms with E-state index in [-0.39, 0.29) is 5.92 Å². The van der Waals surface area contributed by atoms with Crippen molar-refractivity contribution < 1.29 is 4.79 Å². The fourth-order valence-corrected chi connectivity index (χ4v) is 8.04. The van der Waals surface area contributed by atoms with Crippen molar-refractivity contribution in [3.63, 3.8) is 0 Å². The van der Waals surface area contributed by atoms with Crippen LogP contribution in [0.25, 0.3) is 0 Å². The third kappa shape index (κ3) is 5.51. The number of hydrogen-bond donors (Lipinski definition) is 0. The van der Waals surface area contributed by atoms with E-state index in [0.717, 1.165) is 12.8 Å². The second-order valence-corrected chi connectivity index (χ2v) is 12.1. The second kappa shape index (κ2) is 11.7. The Bertz CT molecular complexity index is 757. The minimum atomic E-state index is 0.286. The summed E-state index contributed by atoms with van der Waals surface area (Å²) >= 11 is 0. The molecule has 2 nitrogen and oxygen atoms in total. The largest absolute Gasteiger partial charge is 0.291 e. The van der Waals surface area contributed by atoms with E-state index in [2.05, 4.69) is 4.90 Å². The smallest absolute Gasteiger partial charge is 0.233 e. The molecule has 5 rings (SSSR count). The first-order chi connectivity index (χ1) is 16.3. The molecule has 2 aliphatic heterocycles. The van der Waals surface area contributed by atoms with Gasteiger partial charge >= 0.3 is 0 Å². The molecule has 3 aliphatic carbocycles. The maximum Gasteiger partial charge on any atom is 0.233 e. The van der Waals surface area contributed by atoms with Gasteiger partial charge in [-0.1, -0.05) is 119 Å². The van der Waals surface area contributed by atoms with Gasteiger partial charge in [-0.05, 0) is 37.9 Å². The molecule has 3 unspecified atom stereocenters. The molecule has 1 amide bonds. The summed E-state index contributed by atoms with van der Waals surface area (Å²) in [5.74, 6) is 2.09. The van der Waals surface area contributed by atoms with Crippen molar-refractivity contribution in [2.24, 2.45) is 5.92 Å². The number of nitrogens with zero attached hydrogens (tertiary/aromatic N) is 1. The van der Waals surface area contributed by atoms with E-state index < -0.39 is 0 Å². The van der Waals surface area contributed by atoms with E-state index in [0.29, 0.717) is 17.5 Å². The Hall–Kier alpha value is -0.920. The molecule has 0 radical (unpaired) electrons. The van der Waals surface area contributed by atoms with Crippen LogP contribution in [0.3, 0.4) is 0 Å². The maximum absolute atomic E-state index is 14.6. The third-order valence-corrected chi connectivity index (χ3v) is 9.80. The Kier molecular flexibility index (Phi) is 8.42. The Balaban J connectivity index is 1.57. The molecule has 1 saturated carbocycles. The Morgan fingerprint density at radius 3 is 1.94 bits per heavy atom. The lowest BCUT2D eigenvalue weighted by molar-refractivity contribution is -0.132. The van der Waals surface area contributed by atoms with Gasteiger partial charge in [-0.2, -0.15) is 0 Å². The van der Waals surface area contributed by atoms with E-state index >= 15 is 0 Å². The summed E-state index contributed by atoms with van der Waals surface area (Å²) < 4.78 is 0. The minimum absolute atomic E-state index is 0.286. The fourth-order valence-electron chi connectivity index (χ4n) is 8.04. The highest BCUT2D eigenvalue weighted by Crippen LogP contribution is 2.49. The molecule has 0 spiro atoms. The summed E-state index contributed by atoms with van der Waals surface area (Å²) in [6, 6.07) is 0. The molecule has 33 heavy (non-hydrogen) atoms. The van der Waals surface area contributed by atoms with Gasteiger partial charge in [0.15, 0.2) is 7.28 Å². The van der Waals surface area contributed by atoms with Gasteiger partial charge in [0.2, 0.25) is 5.91 Å². The Morgan fingerprint density at radius 1 is 0.606 bits per heavy atom. The molecule has 0 bridgehead atoms. The van der Waals surface area contributed by atoms with Crippen molar-refractivity contribution in [2.75, 3.05) is 0 Å². The molecular weight excluding hydrogens is 400 g/mol. The van der Waals surface area contributed by atoms with Crippen LogP contribution in [0.15, 0.2) is 22.3 Å². The fraction of sp³-hybridized carbons (Fsp3) is 0.828. The first kappa shape index (κ1) is 23.8. The van der Waals surface area contributed by atoms with Gasteiger partial charge in [-0.25, -0.2) is 0 Å². The van der Waals surface area contributed by atoms with E-state index in [1.165, 1.54) is 142 Å². The molecular formula is C29H47B2NO. The lowest BCUT2D eigenvalue weighted by atomic mass is 9.46. The van der Waals surface area contributed by atoms with Crippen LogP contribution in [0, 0.1) is 5.92 Å². The van der Waals surface area contributed by atoms with E-state index in [1.54, 1.807) is 16.6 Å². The highest BCUT2D eigenvalue weighted by atomic mass is 16.2. The highest BCUT2D eigenvalue weighted by Gasteiger charge is 2.44. The monoisotopic (exact) mass is 447 g/mol. The molecule has 2 heterocycles. The Labute approximate surface area is 204 Å². The Morgan fingerprint density at radius 2 is 1.18 bits per heavy atom. The van der Waals surface area contributed by atoms with Crippen molar-refractivity contribution in [1.82, 2.24) is 4.90 Å². The highest BCUT2D eigenvalue weighted by molar-refractivity contribution is 6.55. The number of amides is 1. The van der Waals surface area contributed by atoms with Crippen LogP contribution in [0.2, 0.25) is 11.6 Å². The summed E-state index contributed by atoms with van der Waals surface area (Å²) in [6.07, 6.45) is 27.8. The van der Waals surface area contributed by atoms with Crippen LogP contribution in [0.5, 0.6) is 0 Å². The summed E-state index contributed by atoms with van der Waals surface area (Å²) in [5, 5.41) is 0. The molecule has 0 N–H and O–H groups in total. The number of rotatable bonds is 0. The first-order valence-electron chi connectivity index (χ1n) is 15.1. The van der Waals surface area contributed by atoms with E-state index in [4.69, 9.17) is 0 Å². The molecule has 3 atom stereocenters. The molecule has 1 saturated heterocycles. The van der Waals surface area contributed by atoms with Gasteiger partial charge in [0.25, 0.3) is 0 Å². The molecule has 0 aromatic carbocycles. The topological polar surface area (TPSA) is 20.3 Å². The standard InChI is InChI=1S/C29H47B2NO/c33-29-22-16-10-4-1-5-11-17-23(22)30-25-19-13-7-2-8-14-20-26-28(25)32(29)27-21-15-9-3-6-12-18-24(27)31-26/h22-23,25,30-31H,1-21H2. The van der Waals surface area contributed by atoms with Crippen LogP contribution in [-0.2, 0) is 4.79 Å². The lowest BCUT2D eigenvalue weighted by Gasteiger charge is -2.40. The first-order valence-corrected chi connectivity index (χ1v) is 15.1. The normalized spacial score (nSPS) is 32.7. The molecule has 180 valence electrons. The van der Waals surface area contributed by atoms with Gasteiger partial charge in [-0.15, -0.1) is 0 Å².